The summed E-state index contributed by atoms with van der Waals surface area (Å²) < 4.78 is 32.6. The Kier molecular flexibility index (Phi) is 33.6. The largest absolute Gasteiger partial charge is 0.480 e. The average molecular weight is 908 g/mol. The Bertz CT molecular complexity index is 1510. The first-order valence-corrected chi connectivity index (χ1v) is 24.6. The number of aliphatic hydroxyl groups excluding tert-OH is 2. The van der Waals surface area contributed by atoms with E-state index in [1.54, 1.807) is 12.2 Å². The first-order chi connectivity index (χ1) is 30.3. The fourth-order valence-corrected chi connectivity index (χ4v) is 7.43. The van der Waals surface area contributed by atoms with Crippen molar-refractivity contribution < 1.29 is 62.5 Å². The monoisotopic (exact) mass is 908 g/mol. The van der Waals surface area contributed by atoms with Gasteiger partial charge in [-0.1, -0.05) is 138 Å². The summed E-state index contributed by atoms with van der Waals surface area (Å²) in [5.74, 6) is -3.31. The molecule has 15 heteroatoms. The molecule has 14 nitrogen and oxygen atoms in total. The normalized spacial score (nSPS) is 19.6. The van der Waals surface area contributed by atoms with E-state index in [-0.39, 0.29) is 36.9 Å². The van der Waals surface area contributed by atoms with Gasteiger partial charge in [-0.2, -0.15) is 0 Å². The van der Waals surface area contributed by atoms with E-state index in [4.69, 9.17) is 24.8 Å². The molecular formula is C48H78NO13P. The van der Waals surface area contributed by atoms with E-state index >= 15 is 0 Å². The van der Waals surface area contributed by atoms with Crippen molar-refractivity contribution in [1.82, 2.24) is 0 Å². The highest BCUT2D eigenvalue weighted by molar-refractivity contribution is 7.47. The van der Waals surface area contributed by atoms with E-state index in [1.807, 2.05) is 18.2 Å². The van der Waals surface area contributed by atoms with Crippen molar-refractivity contribution in [1.29, 1.82) is 0 Å². The second-order valence-corrected chi connectivity index (χ2v) is 17.4. The number of rotatable bonds is 38. The molecule has 1 aliphatic rings. The minimum Gasteiger partial charge on any atom is -0.480 e. The zero-order valence-corrected chi connectivity index (χ0v) is 38.7. The highest BCUT2D eigenvalue weighted by Gasteiger charge is 2.39. The molecule has 0 spiro atoms. The van der Waals surface area contributed by atoms with Crippen LogP contribution >= 0.6 is 7.82 Å². The maximum atomic E-state index is 12.7. The zero-order valence-electron chi connectivity index (χ0n) is 37.9. The average Bonchev–Trinajstić information content (AvgIpc) is 3.52. The van der Waals surface area contributed by atoms with Crippen LogP contribution in [0.3, 0.4) is 0 Å². The Morgan fingerprint density at radius 3 is 1.94 bits per heavy atom. The summed E-state index contributed by atoms with van der Waals surface area (Å²) >= 11 is 0. The Balaban J connectivity index is 2.51. The van der Waals surface area contributed by atoms with Crippen LogP contribution in [0, 0.1) is 11.8 Å². The molecule has 1 fully saturated rings. The standard InChI is InChI=1S/C48H78NO13P/c1-3-5-7-8-9-10-11-12-13-14-15-16-17-18-19-20-21-22-28-32-47(54)62-40(37-60-63(57,58)61-38-43(49)48(55)56)36-59-46(53)31-27-24-23-26-30-41-42(45(52)35-44(41)51)34-33-39(50)29-25-6-4-2/h9-10,12-13,15-16,18-19,21-22,33-34,39-43,45,50,52H,3-8,11,14,17,20,23-32,35-38,49H2,1-2H3,(H,55,56)(H,57,58)/b10-9-,13-12-,16-15-,19-18-,22-21-,34-33+/t39-,40+,41+,42+,43-,45+/m0/s1. The molecule has 0 aromatic carbocycles. The number of carboxylic acid groups (broad SMARTS) is 1. The zero-order chi connectivity index (χ0) is 46.6. The number of carbonyl (C=O) groups is 4. The van der Waals surface area contributed by atoms with Crippen molar-refractivity contribution in [2.45, 2.75) is 173 Å². The van der Waals surface area contributed by atoms with Gasteiger partial charge in [-0.3, -0.25) is 28.2 Å². The van der Waals surface area contributed by atoms with Gasteiger partial charge in [0, 0.05) is 31.1 Å². The number of nitrogens with two attached hydrogens (primary N) is 1. The third-order valence-corrected chi connectivity index (χ3v) is 11.3. The van der Waals surface area contributed by atoms with Crippen LogP contribution in [-0.2, 0) is 42.3 Å². The van der Waals surface area contributed by atoms with Gasteiger partial charge < -0.3 is 35.4 Å². The van der Waals surface area contributed by atoms with Crippen LogP contribution in [0.5, 0.6) is 0 Å². The number of allylic oxidation sites excluding steroid dienone is 10. The molecule has 6 N–H and O–H groups in total. The van der Waals surface area contributed by atoms with Gasteiger partial charge in [-0.15, -0.1) is 0 Å². The van der Waals surface area contributed by atoms with E-state index in [9.17, 15) is 38.8 Å². The highest BCUT2D eigenvalue weighted by Crippen LogP contribution is 2.43. The molecule has 0 aromatic heterocycles. The Labute approximate surface area is 376 Å². The number of carboxylic acids is 1. The highest BCUT2D eigenvalue weighted by atomic mass is 31.2. The summed E-state index contributed by atoms with van der Waals surface area (Å²) in [4.78, 5) is 58.8. The van der Waals surface area contributed by atoms with Crippen molar-refractivity contribution in [2.75, 3.05) is 19.8 Å². The number of hydrogen-bond donors (Lipinski definition) is 5. The topological polar surface area (TPSA) is 229 Å². The Hall–Kier alpha value is -3.49. The SMILES string of the molecule is CCCCC/C=C\C/C=C\C/C=C\C/C=C\C/C=C\CCC(=O)O[C@H](COC(=O)CCCCCC[C@H]1C(=O)C[C@@H](O)[C@@H]1/C=C/[C@@H](O)CCCCC)COP(=O)(O)OC[C@H](N)C(=O)O. The molecule has 0 amide bonds. The van der Waals surface area contributed by atoms with Gasteiger partial charge in [0.1, 0.15) is 18.4 Å². The van der Waals surface area contributed by atoms with E-state index in [0.717, 1.165) is 57.8 Å². The molecular weight excluding hydrogens is 829 g/mol. The predicted octanol–water partition coefficient (Wildman–Crippen LogP) is 9.09. The third kappa shape index (κ3) is 31.1. The number of hydrogen-bond acceptors (Lipinski definition) is 12. The van der Waals surface area contributed by atoms with Gasteiger partial charge in [-0.05, 0) is 64.2 Å². The molecule has 7 atom stereocenters. The molecule has 1 rings (SSSR count). The molecule has 0 aromatic rings. The third-order valence-electron chi connectivity index (χ3n) is 10.3. The molecule has 1 saturated carbocycles. The van der Waals surface area contributed by atoms with E-state index in [2.05, 4.69) is 60.9 Å². The Morgan fingerprint density at radius 2 is 1.32 bits per heavy atom. The molecule has 1 aliphatic carbocycles. The van der Waals surface area contributed by atoms with Crippen LogP contribution in [0.1, 0.15) is 149 Å². The van der Waals surface area contributed by atoms with Crippen LogP contribution in [0.4, 0.5) is 0 Å². The molecule has 0 aliphatic heterocycles. The van der Waals surface area contributed by atoms with Crippen LogP contribution in [-0.4, -0.2) is 88.1 Å². The lowest BCUT2D eigenvalue weighted by atomic mass is 9.88. The van der Waals surface area contributed by atoms with E-state index < -0.39 is 69.9 Å². The van der Waals surface area contributed by atoms with E-state index in [0.29, 0.717) is 38.5 Å². The first kappa shape index (κ1) is 57.5. The van der Waals surface area contributed by atoms with Gasteiger partial charge in [0.2, 0.25) is 0 Å². The number of aliphatic hydroxyl groups is 2. The first-order valence-electron chi connectivity index (χ1n) is 23.1. The summed E-state index contributed by atoms with van der Waals surface area (Å²) in [7, 11) is -4.80. The number of unbranched alkanes of at least 4 members (excludes halogenated alkanes) is 8. The lowest BCUT2D eigenvalue weighted by Gasteiger charge is -2.20. The van der Waals surface area contributed by atoms with Gasteiger partial charge in [0.25, 0.3) is 0 Å². The fraction of sp³-hybridized carbons (Fsp3) is 0.667. The molecule has 0 heterocycles. The second-order valence-electron chi connectivity index (χ2n) is 16.0. The summed E-state index contributed by atoms with van der Waals surface area (Å²) in [6.45, 7) is 2.35. The molecule has 1 unspecified atom stereocenters. The van der Waals surface area contributed by atoms with Crippen LogP contribution in [0.2, 0.25) is 0 Å². The number of ether oxygens (including phenoxy) is 2. The predicted molar refractivity (Wildman–Crippen MR) is 245 cm³/mol. The maximum absolute atomic E-state index is 12.7. The van der Waals surface area contributed by atoms with Crippen molar-refractivity contribution in [3.05, 3.63) is 72.9 Å². The minimum absolute atomic E-state index is 0.0141. The number of carbonyl (C=O) groups excluding carboxylic acids is 3. The van der Waals surface area contributed by atoms with Gasteiger partial charge in [-0.25, -0.2) is 4.57 Å². The van der Waals surface area contributed by atoms with Crippen molar-refractivity contribution in [2.24, 2.45) is 17.6 Å². The van der Waals surface area contributed by atoms with E-state index in [1.165, 1.54) is 19.3 Å². The van der Waals surface area contributed by atoms with Crippen molar-refractivity contribution in [3.8, 4) is 0 Å². The molecule has 0 bridgehead atoms. The number of Topliss-reactive ketones (excluding diaryl/α,β-unsaturated/α-hetero) is 1. The number of esters is 2. The van der Waals surface area contributed by atoms with Crippen LogP contribution in [0.25, 0.3) is 0 Å². The number of phosphoric acid groups is 1. The summed E-state index contributed by atoms with van der Waals surface area (Å²) in [5, 5.41) is 29.6. The summed E-state index contributed by atoms with van der Waals surface area (Å²) in [6, 6.07) is -1.57. The van der Waals surface area contributed by atoms with Crippen LogP contribution < -0.4 is 5.73 Å². The lowest BCUT2D eigenvalue weighted by Crippen LogP contribution is -2.34. The fourth-order valence-electron chi connectivity index (χ4n) is 6.65. The molecule has 358 valence electrons. The maximum Gasteiger partial charge on any atom is 0.472 e. The molecule has 0 radical (unpaired) electrons. The quantitative estimate of drug-likeness (QED) is 0.0168. The number of phosphoric ester groups is 1. The molecule has 63 heavy (non-hydrogen) atoms. The second kappa shape index (κ2) is 36.8. The minimum atomic E-state index is -4.80. The van der Waals surface area contributed by atoms with Gasteiger partial charge >= 0.3 is 25.7 Å². The van der Waals surface area contributed by atoms with Crippen molar-refractivity contribution in [3.63, 3.8) is 0 Å². The summed E-state index contributed by atoms with van der Waals surface area (Å²) in [6.07, 6.45) is 37.4. The summed E-state index contributed by atoms with van der Waals surface area (Å²) in [5.41, 5.74) is 5.33. The van der Waals surface area contributed by atoms with Crippen LogP contribution in [0.15, 0.2) is 72.9 Å². The van der Waals surface area contributed by atoms with Gasteiger partial charge in [0.15, 0.2) is 6.10 Å². The Morgan fingerprint density at radius 1 is 0.746 bits per heavy atom. The number of aliphatic carboxylic acids is 1. The smallest absolute Gasteiger partial charge is 0.472 e. The number of ketones is 1. The lowest BCUT2D eigenvalue weighted by molar-refractivity contribution is -0.161. The molecule has 0 saturated heterocycles. The van der Waals surface area contributed by atoms with Crippen molar-refractivity contribution >= 4 is 31.5 Å². The van der Waals surface area contributed by atoms with Gasteiger partial charge in [0.05, 0.1) is 25.4 Å².